The zero-order valence-corrected chi connectivity index (χ0v) is 23.8. The first kappa shape index (κ1) is 25.7. The van der Waals surface area contributed by atoms with E-state index in [2.05, 4.69) is 84.9 Å². The minimum atomic E-state index is 0.790. The summed E-state index contributed by atoms with van der Waals surface area (Å²) in [4.78, 5) is 20.7. The maximum Gasteiger partial charge on any atom is 0.0974 e. The number of hydrogen-bond acceptors (Lipinski definition) is 4. The Kier molecular flexibility index (Phi) is 6.43. The van der Waals surface area contributed by atoms with Gasteiger partial charge in [-0.2, -0.15) is 0 Å². The molecule has 8 rings (SSSR count). The normalized spacial score (nSPS) is 11.2. The maximum atomic E-state index is 5.40. The fourth-order valence-electron chi connectivity index (χ4n) is 5.84. The molecule has 0 aliphatic carbocycles. The van der Waals surface area contributed by atoms with Gasteiger partial charge in [0.1, 0.15) is 0 Å². The van der Waals surface area contributed by atoms with Crippen molar-refractivity contribution in [2.75, 3.05) is 0 Å². The Morgan fingerprint density at radius 2 is 0.773 bits per heavy atom. The van der Waals surface area contributed by atoms with E-state index in [1.54, 1.807) is 0 Å². The SMILES string of the molecule is c1ccc(-c2nc(-c3ccccc3)c(-c3ccnc(-c4nc5ccccc5c5ccccc45)c3)nc2-c2ccccc2)cc1. The quantitative estimate of drug-likeness (QED) is 0.196. The van der Waals surface area contributed by atoms with Crippen molar-refractivity contribution in [1.82, 2.24) is 19.9 Å². The molecule has 0 saturated carbocycles. The topological polar surface area (TPSA) is 51.6 Å². The molecule has 0 fully saturated rings. The fraction of sp³-hybridized carbons (Fsp3) is 0. The molecule has 8 aromatic rings. The van der Waals surface area contributed by atoms with Gasteiger partial charge in [0.05, 0.1) is 39.7 Å². The van der Waals surface area contributed by atoms with Gasteiger partial charge in [-0.3, -0.25) is 4.98 Å². The highest BCUT2D eigenvalue weighted by molar-refractivity contribution is 6.10. The van der Waals surface area contributed by atoms with E-state index in [0.717, 1.165) is 78.1 Å². The van der Waals surface area contributed by atoms with Crippen molar-refractivity contribution in [3.63, 3.8) is 0 Å². The summed E-state index contributed by atoms with van der Waals surface area (Å²) in [6, 6.07) is 51.6. The fourth-order valence-corrected chi connectivity index (χ4v) is 5.84. The standard InChI is InChI=1S/C40H26N4/c1-4-14-27(15-5-1)36-37(28-16-6-2-7-17-28)44-39(38(43-36)29-18-8-3-9-19-29)30-24-25-41-35(26-30)40-33-22-11-10-20-31(33)32-21-12-13-23-34(32)42-40/h1-26H. The molecule has 3 heterocycles. The molecule has 206 valence electrons. The van der Waals surface area contributed by atoms with E-state index in [4.69, 9.17) is 19.9 Å². The molecule has 0 saturated heterocycles. The molecule has 4 heteroatoms. The third kappa shape index (κ3) is 4.59. The third-order valence-corrected chi connectivity index (χ3v) is 7.92. The van der Waals surface area contributed by atoms with Crippen LogP contribution in [-0.2, 0) is 0 Å². The first-order valence-electron chi connectivity index (χ1n) is 14.7. The monoisotopic (exact) mass is 562 g/mol. The van der Waals surface area contributed by atoms with Crippen molar-refractivity contribution in [2.45, 2.75) is 0 Å². The molecular weight excluding hydrogens is 536 g/mol. The van der Waals surface area contributed by atoms with Gasteiger partial charge in [-0.25, -0.2) is 15.0 Å². The summed E-state index contributed by atoms with van der Waals surface area (Å²) in [5.74, 6) is 0. The molecule has 0 radical (unpaired) electrons. The van der Waals surface area contributed by atoms with Gasteiger partial charge in [-0.1, -0.05) is 133 Å². The third-order valence-electron chi connectivity index (χ3n) is 7.92. The predicted molar refractivity (Wildman–Crippen MR) is 180 cm³/mol. The lowest BCUT2D eigenvalue weighted by Gasteiger charge is -2.16. The van der Waals surface area contributed by atoms with Crippen LogP contribution in [-0.4, -0.2) is 19.9 Å². The molecule has 0 aliphatic heterocycles. The molecule has 0 N–H and O–H groups in total. The number of hydrogen-bond donors (Lipinski definition) is 0. The van der Waals surface area contributed by atoms with Gasteiger partial charge >= 0.3 is 0 Å². The van der Waals surface area contributed by atoms with Gasteiger partial charge in [0, 0.05) is 39.2 Å². The predicted octanol–water partition coefficient (Wildman–Crippen LogP) is 9.91. The van der Waals surface area contributed by atoms with E-state index in [1.165, 1.54) is 0 Å². The van der Waals surface area contributed by atoms with Crippen LogP contribution in [0.25, 0.3) is 78.1 Å². The Morgan fingerprint density at radius 3 is 1.34 bits per heavy atom. The minimum absolute atomic E-state index is 0.790. The molecule has 0 amide bonds. The summed E-state index contributed by atoms with van der Waals surface area (Å²) in [6.07, 6.45) is 1.85. The Labute approximate surface area is 255 Å². The summed E-state index contributed by atoms with van der Waals surface area (Å²) in [5, 5.41) is 3.35. The van der Waals surface area contributed by atoms with Crippen molar-refractivity contribution < 1.29 is 0 Å². The molecule has 0 spiro atoms. The van der Waals surface area contributed by atoms with E-state index in [0.29, 0.717) is 0 Å². The number of para-hydroxylation sites is 1. The Bertz CT molecular complexity index is 2260. The van der Waals surface area contributed by atoms with Crippen LogP contribution >= 0.6 is 0 Å². The van der Waals surface area contributed by atoms with Crippen LogP contribution < -0.4 is 0 Å². The van der Waals surface area contributed by atoms with Crippen LogP contribution in [0.1, 0.15) is 0 Å². The number of aromatic nitrogens is 4. The van der Waals surface area contributed by atoms with E-state index in [-0.39, 0.29) is 0 Å². The van der Waals surface area contributed by atoms with Crippen molar-refractivity contribution in [1.29, 1.82) is 0 Å². The molecule has 0 atom stereocenters. The average molecular weight is 563 g/mol. The van der Waals surface area contributed by atoms with Gasteiger partial charge in [0.25, 0.3) is 0 Å². The highest BCUT2D eigenvalue weighted by atomic mass is 14.9. The van der Waals surface area contributed by atoms with Crippen molar-refractivity contribution in [2.24, 2.45) is 0 Å². The molecule has 4 nitrogen and oxygen atoms in total. The second-order valence-corrected chi connectivity index (χ2v) is 10.7. The van der Waals surface area contributed by atoms with E-state index in [9.17, 15) is 0 Å². The summed E-state index contributed by atoms with van der Waals surface area (Å²) in [6.45, 7) is 0. The van der Waals surface area contributed by atoms with Crippen LogP contribution in [0.15, 0.2) is 158 Å². The molecule has 3 aromatic heterocycles. The highest BCUT2D eigenvalue weighted by Gasteiger charge is 2.20. The smallest absolute Gasteiger partial charge is 0.0974 e. The zero-order chi connectivity index (χ0) is 29.3. The number of benzene rings is 5. The Morgan fingerprint density at radius 1 is 0.318 bits per heavy atom. The van der Waals surface area contributed by atoms with Gasteiger partial charge in [0.15, 0.2) is 0 Å². The maximum absolute atomic E-state index is 5.40. The summed E-state index contributed by atoms with van der Waals surface area (Å²) in [5.41, 5.74) is 9.82. The number of nitrogens with zero attached hydrogens (tertiary/aromatic N) is 4. The van der Waals surface area contributed by atoms with Crippen molar-refractivity contribution in [3.8, 4) is 56.4 Å². The van der Waals surface area contributed by atoms with Gasteiger partial charge < -0.3 is 0 Å². The van der Waals surface area contributed by atoms with Crippen molar-refractivity contribution in [3.05, 3.63) is 158 Å². The number of rotatable bonds is 5. The lowest BCUT2D eigenvalue weighted by Crippen LogP contribution is -2.01. The van der Waals surface area contributed by atoms with Crippen LogP contribution in [0, 0.1) is 0 Å². The molecule has 0 bridgehead atoms. The van der Waals surface area contributed by atoms with Gasteiger partial charge in [-0.05, 0) is 23.6 Å². The van der Waals surface area contributed by atoms with Crippen molar-refractivity contribution >= 4 is 21.7 Å². The highest BCUT2D eigenvalue weighted by Crippen LogP contribution is 2.38. The van der Waals surface area contributed by atoms with Gasteiger partial charge in [-0.15, -0.1) is 0 Å². The average Bonchev–Trinajstić information content (AvgIpc) is 3.12. The summed E-state index contributed by atoms with van der Waals surface area (Å²) >= 11 is 0. The van der Waals surface area contributed by atoms with Crippen LogP contribution in [0.3, 0.4) is 0 Å². The van der Waals surface area contributed by atoms with E-state index in [1.807, 2.05) is 72.9 Å². The first-order chi connectivity index (χ1) is 21.8. The second kappa shape index (κ2) is 11.0. The Hall–Kier alpha value is -6.00. The van der Waals surface area contributed by atoms with E-state index < -0.39 is 0 Å². The van der Waals surface area contributed by atoms with Gasteiger partial charge in [0.2, 0.25) is 0 Å². The number of fused-ring (bicyclic) bond motifs is 3. The lowest BCUT2D eigenvalue weighted by molar-refractivity contribution is 1.21. The van der Waals surface area contributed by atoms with Crippen LogP contribution in [0.4, 0.5) is 0 Å². The largest absolute Gasteiger partial charge is 0.255 e. The molecule has 44 heavy (non-hydrogen) atoms. The van der Waals surface area contributed by atoms with E-state index >= 15 is 0 Å². The molecular formula is C40H26N4. The van der Waals surface area contributed by atoms with Crippen LogP contribution in [0.2, 0.25) is 0 Å². The second-order valence-electron chi connectivity index (χ2n) is 10.7. The Balaban J connectivity index is 1.39. The number of pyridine rings is 2. The first-order valence-corrected chi connectivity index (χ1v) is 14.7. The van der Waals surface area contributed by atoms with Crippen LogP contribution in [0.5, 0.6) is 0 Å². The molecule has 0 unspecified atom stereocenters. The zero-order valence-electron chi connectivity index (χ0n) is 23.8. The molecule has 0 aliphatic rings. The lowest BCUT2D eigenvalue weighted by atomic mass is 9.98. The molecule has 5 aromatic carbocycles. The summed E-state index contributed by atoms with van der Waals surface area (Å²) < 4.78 is 0. The summed E-state index contributed by atoms with van der Waals surface area (Å²) in [7, 11) is 0. The minimum Gasteiger partial charge on any atom is -0.255 e.